The second-order valence-electron chi connectivity index (χ2n) is 5.63. The molecule has 0 radical (unpaired) electrons. The zero-order valence-corrected chi connectivity index (χ0v) is 13.2. The van der Waals surface area contributed by atoms with Crippen LogP contribution < -0.4 is 5.32 Å². The number of hydrogen-bond donors (Lipinski definition) is 1. The van der Waals surface area contributed by atoms with Crippen LogP contribution in [0.3, 0.4) is 0 Å². The lowest BCUT2D eigenvalue weighted by Gasteiger charge is -2.15. The summed E-state index contributed by atoms with van der Waals surface area (Å²) in [6, 6.07) is 5.23. The normalized spacial score (nSPS) is 13.2. The van der Waals surface area contributed by atoms with Crippen molar-refractivity contribution in [3.05, 3.63) is 47.9 Å². The predicted molar refractivity (Wildman–Crippen MR) is 84.7 cm³/mol. The van der Waals surface area contributed by atoms with Gasteiger partial charge in [-0.3, -0.25) is 4.68 Å². The van der Waals surface area contributed by atoms with Crippen LogP contribution in [-0.2, 0) is 13.2 Å². The average molecular weight is 335 g/mol. The lowest BCUT2D eigenvalue weighted by molar-refractivity contribution is -0.137. The summed E-state index contributed by atoms with van der Waals surface area (Å²) in [5.41, 5.74) is 0.904. The number of benzene rings is 1. The van der Waals surface area contributed by atoms with Gasteiger partial charge in [0.15, 0.2) is 5.65 Å². The zero-order chi connectivity index (χ0) is 17.3. The molecule has 3 rings (SSSR count). The summed E-state index contributed by atoms with van der Waals surface area (Å²) < 4.78 is 39.5. The molecule has 1 N–H and O–H groups in total. The number of aromatic nitrogens is 4. The molecule has 0 saturated heterocycles. The third-order valence-electron chi connectivity index (χ3n) is 3.91. The highest BCUT2D eigenvalue weighted by Gasteiger charge is 2.30. The Labute approximate surface area is 136 Å². The molecule has 3 aromatic rings. The van der Waals surface area contributed by atoms with Crippen LogP contribution >= 0.6 is 0 Å². The van der Waals surface area contributed by atoms with E-state index < -0.39 is 11.7 Å². The van der Waals surface area contributed by atoms with Crippen molar-refractivity contribution in [2.75, 3.05) is 11.9 Å². The van der Waals surface area contributed by atoms with Crippen LogP contribution in [0, 0.1) is 0 Å². The maximum atomic E-state index is 12.6. The van der Waals surface area contributed by atoms with Crippen molar-refractivity contribution in [1.82, 2.24) is 19.7 Å². The first-order valence-corrected chi connectivity index (χ1v) is 7.40. The number of rotatable bonds is 4. The van der Waals surface area contributed by atoms with Crippen molar-refractivity contribution >= 4 is 16.9 Å². The molecule has 0 spiro atoms. The third kappa shape index (κ3) is 3.17. The largest absolute Gasteiger partial charge is 0.416 e. The molecule has 0 amide bonds. The maximum absolute atomic E-state index is 12.6. The van der Waals surface area contributed by atoms with Crippen molar-refractivity contribution in [3.63, 3.8) is 0 Å². The van der Waals surface area contributed by atoms with Crippen LogP contribution in [-0.4, -0.2) is 26.3 Å². The number of hydrogen-bond acceptors (Lipinski definition) is 4. The number of halogens is 3. The second-order valence-corrected chi connectivity index (χ2v) is 5.63. The van der Waals surface area contributed by atoms with Crippen molar-refractivity contribution in [1.29, 1.82) is 0 Å². The Morgan fingerprint density at radius 3 is 2.54 bits per heavy atom. The minimum absolute atomic E-state index is 0.0222. The van der Waals surface area contributed by atoms with Gasteiger partial charge in [-0.1, -0.05) is 19.1 Å². The first-order valence-electron chi connectivity index (χ1n) is 7.40. The van der Waals surface area contributed by atoms with Gasteiger partial charge in [0, 0.05) is 13.6 Å². The van der Waals surface area contributed by atoms with E-state index in [1.807, 2.05) is 6.92 Å². The highest BCUT2D eigenvalue weighted by atomic mass is 19.4. The number of anilines is 1. The third-order valence-corrected chi connectivity index (χ3v) is 3.91. The molecule has 0 aliphatic heterocycles. The van der Waals surface area contributed by atoms with Crippen LogP contribution in [0.2, 0.25) is 0 Å². The minimum Gasteiger partial charge on any atom is -0.369 e. The quantitative estimate of drug-likeness (QED) is 0.791. The van der Waals surface area contributed by atoms with Crippen LogP contribution in [0.25, 0.3) is 11.0 Å². The molecule has 0 fully saturated rings. The van der Waals surface area contributed by atoms with Gasteiger partial charge < -0.3 is 5.32 Å². The zero-order valence-electron chi connectivity index (χ0n) is 13.2. The van der Waals surface area contributed by atoms with E-state index in [4.69, 9.17) is 0 Å². The molecule has 1 atom stereocenters. The monoisotopic (exact) mass is 335 g/mol. The highest BCUT2D eigenvalue weighted by Crippen LogP contribution is 2.30. The van der Waals surface area contributed by atoms with E-state index in [2.05, 4.69) is 20.4 Å². The molecular weight excluding hydrogens is 319 g/mol. The van der Waals surface area contributed by atoms with Crippen LogP contribution in [0.4, 0.5) is 19.0 Å². The topological polar surface area (TPSA) is 55.6 Å². The Hall–Kier alpha value is -2.64. The Balaban J connectivity index is 1.72. The summed E-state index contributed by atoms with van der Waals surface area (Å²) in [4.78, 5) is 8.37. The highest BCUT2D eigenvalue weighted by molar-refractivity contribution is 5.85. The summed E-state index contributed by atoms with van der Waals surface area (Å²) in [6.07, 6.45) is -1.18. The fraction of sp³-hybridized carbons (Fsp3) is 0.312. The fourth-order valence-corrected chi connectivity index (χ4v) is 2.47. The van der Waals surface area contributed by atoms with Gasteiger partial charge in [-0.25, -0.2) is 9.97 Å². The Kier molecular flexibility index (Phi) is 4.13. The molecule has 2 heterocycles. The van der Waals surface area contributed by atoms with Crippen molar-refractivity contribution in [2.24, 2.45) is 7.05 Å². The molecule has 0 aliphatic rings. The number of aryl methyl sites for hydroxylation is 1. The van der Waals surface area contributed by atoms with E-state index >= 15 is 0 Å². The summed E-state index contributed by atoms with van der Waals surface area (Å²) in [5, 5.41) is 8.16. The lowest BCUT2D eigenvalue weighted by atomic mass is 9.99. The lowest BCUT2D eigenvalue weighted by Crippen LogP contribution is -2.12. The van der Waals surface area contributed by atoms with E-state index in [1.54, 1.807) is 17.9 Å². The second kappa shape index (κ2) is 6.10. The molecule has 24 heavy (non-hydrogen) atoms. The molecule has 1 aromatic carbocycles. The van der Waals surface area contributed by atoms with Gasteiger partial charge in [0.05, 0.1) is 17.1 Å². The van der Waals surface area contributed by atoms with E-state index in [0.29, 0.717) is 12.4 Å². The number of nitrogens with one attached hydrogen (secondary N) is 1. The Bertz CT molecular complexity index is 839. The van der Waals surface area contributed by atoms with Gasteiger partial charge in [0.2, 0.25) is 0 Å². The SMILES string of the molecule is CC(CNc1ncnc2c1cnn2C)c1ccc(C(F)(F)F)cc1. The van der Waals surface area contributed by atoms with Crippen molar-refractivity contribution < 1.29 is 13.2 Å². The molecule has 0 aliphatic carbocycles. The first kappa shape index (κ1) is 16.2. The summed E-state index contributed by atoms with van der Waals surface area (Å²) in [5.74, 6) is 0.681. The van der Waals surface area contributed by atoms with E-state index in [0.717, 1.165) is 28.7 Å². The van der Waals surface area contributed by atoms with Gasteiger partial charge in [-0.15, -0.1) is 0 Å². The molecule has 8 heteroatoms. The minimum atomic E-state index is -4.31. The van der Waals surface area contributed by atoms with E-state index in [-0.39, 0.29) is 5.92 Å². The summed E-state index contributed by atoms with van der Waals surface area (Å²) in [6.45, 7) is 2.48. The summed E-state index contributed by atoms with van der Waals surface area (Å²) in [7, 11) is 1.80. The first-order chi connectivity index (χ1) is 11.4. The Morgan fingerprint density at radius 1 is 1.17 bits per heavy atom. The van der Waals surface area contributed by atoms with Gasteiger partial charge in [0.1, 0.15) is 12.1 Å². The van der Waals surface area contributed by atoms with Crippen LogP contribution in [0.5, 0.6) is 0 Å². The maximum Gasteiger partial charge on any atom is 0.416 e. The van der Waals surface area contributed by atoms with Gasteiger partial charge in [-0.05, 0) is 23.6 Å². The van der Waals surface area contributed by atoms with Gasteiger partial charge >= 0.3 is 6.18 Å². The number of alkyl halides is 3. The van der Waals surface area contributed by atoms with Crippen LogP contribution in [0.1, 0.15) is 24.0 Å². The molecule has 0 bridgehead atoms. The molecule has 2 aromatic heterocycles. The van der Waals surface area contributed by atoms with Gasteiger partial charge in [-0.2, -0.15) is 18.3 Å². The fourth-order valence-electron chi connectivity index (χ4n) is 2.47. The van der Waals surface area contributed by atoms with E-state index in [9.17, 15) is 13.2 Å². The average Bonchev–Trinajstić information content (AvgIpc) is 2.94. The Morgan fingerprint density at radius 2 is 1.88 bits per heavy atom. The smallest absolute Gasteiger partial charge is 0.369 e. The van der Waals surface area contributed by atoms with Gasteiger partial charge in [0.25, 0.3) is 0 Å². The molecule has 126 valence electrons. The molecule has 5 nitrogen and oxygen atoms in total. The van der Waals surface area contributed by atoms with E-state index in [1.165, 1.54) is 18.5 Å². The standard InChI is InChI=1S/C16H16F3N5/c1-10(11-3-5-12(6-4-11)16(17,18)19)7-20-14-13-8-23-24(2)15(13)22-9-21-14/h3-6,8-10H,7H2,1-2H3,(H,20,21,22). The summed E-state index contributed by atoms with van der Waals surface area (Å²) >= 11 is 0. The molecular formula is C16H16F3N5. The number of nitrogens with zero attached hydrogens (tertiary/aromatic N) is 4. The molecule has 0 saturated carbocycles. The van der Waals surface area contributed by atoms with Crippen molar-refractivity contribution in [2.45, 2.75) is 19.0 Å². The molecule has 1 unspecified atom stereocenters. The predicted octanol–water partition coefficient (Wildman–Crippen LogP) is 3.60. The van der Waals surface area contributed by atoms with Crippen molar-refractivity contribution in [3.8, 4) is 0 Å². The van der Waals surface area contributed by atoms with Crippen LogP contribution in [0.15, 0.2) is 36.8 Å². The number of fused-ring (bicyclic) bond motifs is 1.